The van der Waals surface area contributed by atoms with E-state index in [1.165, 1.54) is 31.4 Å². The third kappa shape index (κ3) is 25.9. The predicted molar refractivity (Wildman–Crippen MR) is 368 cm³/mol. The van der Waals surface area contributed by atoms with E-state index in [0.717, 1.165) is 43.0 Å². The van der Waals surface area contributed by atoms with E-state index >= 15 is 0 Å². The van der Waals surface area contributed by atoms with E-state index in [2.05, 4.69) is 15.9 Å². The van der Waals surface area contributed by atoms with Gasteiger partial charge in [0.2, 0.25) is 0 Å². The van der Waals surface area contributed by atoms with Crippen molar-refractivity contribution in [3.63, 3.8) is 0 Å². The van der Waals surface area contributed by atoms with E-state index in [1.807, 2.05) is 104 Å². The SMILES string of the molecule is CC(C)OB(OC(C)C)OC(C)C.COc1cc(-c2ccc(Cl)c(C)c2)c(F)cc1B(O)O.COc1cc(-c2ccc(Cl)c(C)c2)c(F)cc1I.COc1ccc(F)c(-c2ccc(Cl)c(C)c2)c1.COc1ccc(F)c(Br)c1.Cc1cc(B(O)O)ccc1Cl. The van der Waals surface area contributed by atoms with Crippen LogP contribution < -0.4 is 29.9 Å². The second-order valence-corrected chi connectivity index (χ2v) is 23.8. The van der Waals surface area contributed by atoms with Gasteiger partial charge in [-0.05, 0) is 255 Å². The molecule has 8 aromatic rings. The summed E-state index contributed by atoms with van der Waals surface area (Å²) >= 11 is 28.7. The number of benzene rings is 8. The van der Waals surface area contributed by atoms with E-state index < -0.39 is 27.4 Å². The Morgan fingerprint density at radius 2 is 0.787 bits per heavy atom. The number of hydrogen-bond acceptors (Lipinski definition) is 11. The van der Waals surface area contributed by atoms with Gasteiger partial charge in [-0.15, -0.1) is 0 Å². The summed E-state index contributed by atoms with van der Waals surface area (Å²) in [7, 11) is 2.32. The van der Waals surface area contributed by atoms with Gasteiger partial charge in [0.1, 0.15) is 46.3 Å². The normalized spacial score (nSPS) is 10.5. The average molecular weight is 1490 g/mol. The molecule has 0 spiro atoms. The number of halogens is 10. The topological polar surface area (TPSA) is 146 Å². The quantitative estimate of drug-likeness (QED) is 0.0442. The van der Waals surface area contributed by atoms with Gasteiger partial charge in [0.05, 0.1) is 36.5 Å². The van der Waals surface area contributed by atoms with Gasteiger partial charge < -0.3 is 53.0 Å². The molecule has 0 amide bonds. The van der Waals surface area contributed by atoms with Crippen molar-refractivity contribution in [2.24, 2.45) is 0 Å². The molecule has 0 fully saturated rings. The zero-order chi connectivity index (χ0) is 67.0. The first-order valence-electron chi connectivity index (χ1n) is 27.3. The second-order valence-electron chi connectivity index (χ2n) is 20.2. The lowest BCUT2D eigenvalue weighted by atomic mass is 9.78. The highest BCUT2D eigenvalue weighted by atomic mass is 127. The molecule has 0 saturated carbocycles. The monoisotopic (exact) mass is 1480 g/mol. The molecule has 0 bridgehead atoms. The number of rotatable bonds is 15. The average Bonchev–Trinajstić information content (AvgIpc) is 2.42. The molecule has 0 saturated heterocycles. The molecular weight excluding hydrogens is 1410 g/mol. The van der Waals surface area contributed by atoms with Crippen molar-refractivity contribution in [2.45, 2.75) is 87.5 Å². The zero-order valence-corrected chi connectivity index (χ0v) is 58.4. The Kier molecular flexibility index (Phi) is 34.0. The fraction of sp³-hybridized carbons (Fsp3) is 0.262. The van der Waals surface area contributed by atoms with Crippen molar-refractivity contribution in [3.05, 3.63) is 207 Å². The molecule has 0 radical (unpaired) electrons. The molecule has 476 valence electrons. The molecule has 0 atom stereocenters. The first-order chi connectivity index (χ1) is 41.8. The van der Waals surface area contributed by atoms with E-state index in [4.69, 9.17) is 89.4 Å². The van der Waals surface area contributed by atoms with Gasteiger partial charge in [0.25, 0.3) is 0 Å². The summed E-state index contributed by atoms with van der Waals surface area (Å²) in [5.74, 6) is 0.789. The molecule has 0 unspecified atom stereocenters. The highest BCUT2D eigenvalue weighted by molar-refractivity contribution is 14.1. The smallest absolute Gasteiger partial charge is 0.497 e. The van der Waals surface area contributed by atoms with Crippen LogP contribution in [0.15, 0.2) is 138 Å². The standard InChI is InChI=1S/C14H13BClFO3.C14H11ClFIO.C14H12ClFO.C9H21BO3.C7H8BClO2.C7H6BrFO/c1-8-5-9(3-4-12(8)16)10-6-14(20-2)11(15(18)19)7-13(10)17;1-8-5-9(3-4-11(8)15)10-6-14(18-2)13(17)7-12(10)16;1-9-7-10(3-5-13(9)15)12-8-11(17-2)4-6-14(12)16;1-7(2)11-10(12-8(3)4)13-9(5)6;1-5-4-6(8(10)11)2-3-7(5)9;1-10-5-2-3-7(9)6(8)4-5/h3-7,18-19H,1-2H3;3-7H,1-2H3;3-8H,1-2H3;7-9H,1-6H3;2-4,10-11H,1H3;2-4H,1H3. The number of aryl methyl sites for hydroxylation is 4. The van der Waals surface area contributed by atoms with Crippen LogP contribution in [0.2, 0.25) is 20.1 Å². The van der Waals surface area contributed by atoms with Crippen LogP contribution in [0, 0.1) is 54.5 Å². The number of hydrogen-bond donors (Lipinski definition) is 4. The molecule has 0 aliphatic rings. The molecule has 24 heteroatoms. The zero-order valence-electron chi connectivity index (χ0n) is 51.6. The van der Waals surface area contributed by atoms with Crippen molar-refractivity contribution in [1.82, 2.24) is 0 Å². The fourth-order valence-corrected chi connectivity index (χ4v) is 9.04. The van der Waals surface area contributed by atoms with Gasteiger partial charge in [-0.1, -0.05) is 76.7 Å². The number of ether oxygens (including phenoxy) is 4. The second kappa shape index (κ2) is 38.7. The molecule has 0 aliphatic carbocycles. The van der Waals surface area contributed by atoms with E-state index in [-0.39, 0.29) is 47.0 Å². The lowest BCUT2D eigenvalue weighted by Crippen LogP contribution is -2.34. The highest BCUT2D eigenvalue weighted by Crippen LogP contribution is 2.34. The molecule has 8 rings (SSSR count). The lowest BCUT2D eigenvalue weighted by molar-refractivity contribution is 0.0335. The maximum atomic E-state index is 14.1. The number of methoxy groups -OCH3 is 4. The van der Waals surface area contributed by atoms with Crippen LogP contribution in [0.4, 0.5) is 17.6 Å². The highest BCUT2D eigenvalue weighted by Gasteiger charge is 2.26. The molecule has 8 aromatic carbocycles. The minimum absolute atomic E-state index is 0.0144. The summed E-state index contributed by atoms with van der Waals surface area (Å²) in [4.78, 5) is 0. The van der Waals surface area contributed by atoms with Crippen molar-refractivity contribution in [3.8, 4) is 56.4 Å². The Balaban J connectivity index is 0.000000284. The summed E-state index contributed by atoms with van der Waals surface area (Å²) in [6.45, 7) is 19.2. The Morgan fingerprint density at radius 1 is 0.416 bits per heavy atom. The van der Waals surface area contributed by atoms with Gasteiger partial charge in [0, 0.05) is 60.6 Å². The van der Waals surface area contributed by atoms with Crippen molar-refractivity contribution < 1.29 is 70.6 Å². The molecule has 0 aliphatic heterocycles. The van der Waals surface area contributed by atoms with E-state index in [0.29, 0.717) is 69.5 Å². The third-order valence-corrected chi connectivity index (χ3v) is 15.3. The van der Waals surface area contributed by atoms with Crippen LogP contribution in [0.25, 0.3) is 33.4 Å². The Morgan fingerprint density at radius 3 is 1.15 bits per heavy atom. The van der Waals surface area contributed by atoms with Crippen LogP contribution in [0.5, 0.6) is 23.0 Å². The summed E-state index contributed by atoms with van der Waals surface area (Å²) in [5, 5.41) is 38.5. The van der Waals surface area contributed by atoms with E-state index in [1.54, 1.807) is 112 Å². The van der Waals surface area contributed by atoms with E-state index in [9.17, 15) is 27.6 Å². The first kappa shape index (κ1) is 78.2. The molecule has 4 N–H and O–H groups in total. The molecule has 0 aromatic heterocycles. The van der Waals surface area contributed by atoms with Crippen LogP contribution in [-0.4, -0.2) is 88.4 Å². The molecule has 89 heavy (non-hydrogen) atoms. The predicted octanol–water partition coefficient (Wildman–Crippen LogP) is 16.8. The summed E-state index contributed by atoms with van der Waals surface area (Å²) in [6, 6.07) is 35.7. The van der Waals surface area contributed by atoms with Crippen LogP contribution >= 0.6 is 84.9 Å². The summed E-state index contributed by atoms with van der Waals surface area (Å²) in [6.07, 6.45) is 0.340. The minimum Gasteiger partial charge on any atom is -0.497 e. The maximum absolute atomic E-state index is 14.1. The Hall–Kier alpha value is -5.04. The van der Waals surface area contributed by atoms with Gasteiger partial charge >= 0.3 is 21.6 Å². The van der Waals surface area contributed by atoms with Gasteiger partial charge in [-0.25, -0.2) is 17.6 Å². The van der Waals surface area contributed by atoms with Crippen LogP contribution in [0.1, 0.15) is 63.8 Å². The van der Waals surface area contributed by atoms with Gasteiger partial charge in [-0.2, -0.15) is 0 Å². The molecular formula is C65H71B3BrCl4F4IO11. The third-order valence-electron chi connectivity index (χ3n) is 12.2. The van der Waals surface area contributed by atoms with Crippen molar-refractivity contribution >= 4 is 117 Å². The van der Waals surface area contributed by atoms with Crippen LogP contribution in [0.3, 0.4) is 0 Å². The Bertz CT molecular complexity index is 3540. The summed E-state index contributed by atoms with van der Waals surface area (Å²) in [5.41, 5.74) is 7.55. The fourth-order valence-electron chi connectivity index (χ4n) is 7.56. The largest absolute Gasteiger partial charge is 0.639 e. The van der Waals surface area contributed by atoms with Gasteiger partial charge in [0.15, 0.2) is 0 Å². The maximum Gasteiger partial charge on any atom is 0.639 e. The molecule has 11 nitrogen and oxygen atoms in total. The van der Waals surface area contributed by atoms with Crippen LogP contribution in [-0.2, 0) is 14.0 Å². The van der Waals surface area contributed by atoms with Crippen molar-refractivity contribution in [1.29, 1.82) is 0 Å². The van der Waals surface area contributed by atoms with Gasteiger partial charge in [-0.3, -0.25) is 0 Å². The lowest BCUT2D eigenvalue weighted by Gasteiger charge is -2.20. The summed E-state index contributed by atoms with van der Waals surface area (Å²) < 4.78 is 92.1. The first-order valence-corrected chi connectivity index (χ1v) is 30.7. The van der Waals surface area contributed by atoms with Crippen molar-refractivity contribution in [2.75, 3.05) is 28.4 Å². The molecule has 0 heterocycles. The Labute approximate surface area is 563 Å². The minimum atomic E-state index is -1.79.